The van der Waals surface area contributed by atoms with E-state index in [9.17, 15) is 4.79 Å². The molecule has 0 saturated carbocycles. The van der Waals surface area contributed by atoms with Gasteiger partial charge in [-0.3, -0.25) is 19.8 Å². The second kappa shape index (κ2) is 6.75. The lowest BCUT2D eigenvalue weighted by atomic mass is 10.0. The summed E-state index contributed by atoms with van der Waals surface area (Å²) in [6, 6.07) is 3.99. The molecule has 0 spiro atoms. The van der Waals surface area contributed by atoms with Crippen LogP contribution in [0.2, 0.25) is 0 Å². The van der Waals surface area contributed by atoms with Crippen molar-refractivity contribution in [3.8, 4) is 0 Å². The van der Waals surface area contributed by atoms with Gasteiger partial charge in [-0.2, -0.15) is 5.10 Å². The minimum atomic E-state index is -0.00923. The largest absolute Gasteiger partial charge is 0.322 e. The van der Waals surface area contributed by atoms with Crippen LogP contribution in [0.5, 0.6) is 0 Å². The van der Waals surface area contributed by atoms with E-state index >= 15 is 0 Å². The maximum Gasteiger partial charge on any atom is 0.238 e. The fourth-order valence-corrected chi connectivity index (χ4v) is 2.82. The number of carbonyl (C=O) groups is 1. The van der Waals surface area contributed by atoms with Gasteiger partial charge in [-0.1, -0.05) is 12.1 Å². The molecule has 0 saturated heterocycles. The Balaban J connectivity index is 1.61. The molecule has 6 nitrogen and oxygen atoms in total. The minimum absolute atomic E-state index is 0.00923. The van der Waals surface area contributed by atoms with Crippen LogP contribution in [0.15, 0.2) is 30.6 Å². The Hall–Kier alpha value is -2.47. The SMILES string of the molecule is Cc1n[nH]c(C)c1NC(=O)CN1CCC=C(c2cccnc2)C1. The normalized spacial score (nSPS) is 15.3. The van der Waals surface area contributed by atoms with E-state index in [-0.39, 0.29) is 5.91 Å². The van der Waals surface area contributed by atoms with Crippen LogP contribution in [0.4, 0.5) is 5.69 Å². The number of carbonyl (C=O) groups excluding carboxylic acids is 1. The Bertz CT molecular complexity index is 700. The van der Waals surface area contributed by atoms with E-state index in [1.807, 2.05) is 26.1 Å². The molecule has 2 aromatic rings. The molecule has 2 N–H and O–H groups in total. The van der Waals surface area contributed by atoms with Crippen molar-refractivity contribution in [1.29, 1.82) is 0 Å². The van der Waals surface area contributed by atoms with Crippen LogP contribution in [0, 0.1) is 13.8 Å². The summed E-state index contributed by atoms with van der Waals surface area (Å²) >= 11 is 0. The highest BCUT2D eigenvalue weighted by atomic mass is 16.2. The first kappa shape index (κ1) is 15.4. The number of aromatic nitrogens is 3. The van der Waals surface area contributed by atoms with E-state index in [0.29, 0.717) is 6.54 Å². The number of hydrogen-bond donors (Lipinski definition) is 2. The summed E-state index contributed by atoms with van der Waals surface area (Å²) in [6.07, 6.45) is 6.82. The van der Waals surface area contributed by atoms with Crippen molar-refractivity contribution in [3.05, 3.63) is 47.6 Å². The fourth-order valence-electron chi connectivity index (χ4n) is 2.82. The smallest absolute Gasteiger partial charge is 0.238 e. The van der Waals surface area contributed by atoms with Crippen LogP contribution in [0.1, 0.15) is 23.4 Å². The van der Waals surface area contributed by atoms with Gasteiger partial charge in [0.2, 0.25) is 5.91 Å². The maximum atomic E-state index is 12.3. The van der Waals surface area contributed by atoms with E-state index in [0.717, 1.165) is 42.1 Å². The first-order valence-electron chi connectivity index (χ1n) is 7.76. The first-order valence-corrected chi connectivity index (χ1v) is 7.76. The average molecular weight is 311 g/mol. The molecule has 0 aliphatic carbocycles. The summed E-state index contributed by atoms with van der Waals surface area (Å²) in [7, 11) is 0. The van der Waals surface area contributed by atoms with Crippen molar-refractivity contribution < 1.29 is 4.79 Å². The summed E-state index contributed by atoms with van der Waals surface area (Å²) in [5.74, 6) is -0.00923. The number of anilines is 1. The third kappa shape index (κ3) is 3.65. The van der Waals surface area contributed by atoms with E-state index in [1.165, 1.54) is 5.57 Å². The lowest BCUT2D eigenvalue weighted by Crippen LogP contribution is -2.36. The lowest BCUT2D eigenvalue weighted by molar-refractivity contribution is -0.117. The lowest BCUT2D eigenvalue weighted by Gasteiger charge is -2.26. The van der Waals surface area contributed by atoms with Gasteiger partial charge in [0.1, 0.15) is 0 Å². The number of amides is 1. The maximum absolute atomic E-state index is 12.3. The summed E-state index contributed by atoms with van der Waals surface area (Å²) in [6.45, 7) is 5.81. The standard InChI is InChI=1S/C17H21N5O/c1-12-17(13(2)21-20-12)19-16(23)11-22-8-4-6-15(10-22)14-5-3-7-18-9-14/h3,5-7,9H,4,8,10-11H2,1-2H3,(H,19,23)(H,20,21). The molecule has 6 heteroatoms. The average Bonchev–Trinajstić information content (AvgIpc) is 2.88. The van der Waals surface area contributed by atoms with Gasteiger partial charge in [0.15, 0.2) is 0 Å². The van der Waals surface area contributed by atoms with Gasteiger partial charge in [0.25, 0.3) is 0 Å². The molecule has 23 heavy (non-hydrogen) atoms. The highest BCUT2D eigenvalue weighted by Gasteiger charge is 2.18. The molecule has 0 bridgehead atoms. The van der Waals surface area contributed by atoms with Gasteiger partial charge in [0.05, 0.1) is 23.6 Å². The van der Waals surface area contributed by atoms with Gasteiger partial charge < -0.3 is 5.32 Å². The van der Waals surface area contributed by atoms with E-state index in [4.69, 9.17) is 0 Å². The van der Waals surface area contributed by atoms with Crippen molar-refractivity contribution in [2.24, 2.45) is 0 Å². The minimum Gasteiger partial charge on any atom is -0.322 e. The van der Waals surface area contributed by atoms with Crippen LogP contribution >= 0.6 is 0 Å². The number of H-pyrrole nitrogens is 1. The zero-order chi connectivity index (χ0) is 16.2. The van der Waals surface area contributed by atoms with Gasteiger partial charge in [-0.05, 0) is 37.5 Å². The molecule has 0 radical (unpaired) electrons. The number of nitrogens with zero attached hydrogens (tertiary/aromatic N) is 3. The number of hydrogen-bond acceptors (Lipinski definition) is 4. The Labute approximate surface area is 135 Å². The molecule has 0 atom stereocenters. The zero-order valence-corrected chi connectivity index (χ0v) is 13.5. The van der Waals surface area contributed by atoms with Crippen LogP contribution < -0.4 is 5.32 Å². The first-order chi connectivity index (χ1) is 11.1. The third-order valence-electron chi connectivity index (χ3n) is 4.02. The van der Waals surface area contributed by atoms with Crippen LogP contribution in [-0.2, 0) is 4.79 Å². The predicted octanol–water partition coefficient (Wildman–Crippen LogP) is 2.15. The van der Waals surface area contributed by atoms with Gasteiger partial charge in [0, 0.05) is 25.5 Å². The molecule has 0 aromatic carbocycles. The summed E-state index contributed by atoms with van der Waals surface area (Å²) in [5, 5.41) is 9.93. The highest BCUT2D eigenvalue weighted by Crippen LogP contribution is 2.20. The predicted molar refractivity (Wildman–Crippen MR) is 90.0 cm³/mol. The summed E-state index contributed by atoms with van der Waals surface area (Å²) in [4.78, 5) is 18.6. The molecule has 0 unspecified atom stereocenters. The molecule has 1 amide bonds. The second-order valence-electron chi connectivity index (χ2n) is 5.83. The third-order valence-corrected chi connectivity index (χ3v) is 4.02. The molecule has 0 fully saturated rings. The van der Waals surface area contributed by atoms with E-state index in [2.05, 4.69) is 37.5 Å². The van der Waals surface area contributed by atoms with E-state index in [1.54, 1.807) is 6.20 Å². The molecule has 120 valence electrons. The second-order valence-corrected chi connectivity index (χ2v) is 5.83. The molecular formula is C17H21N5O. The molecular weight excluding hydrogens is 290 g/mol. The van der Waals surface area contributed by atoms with Crippen molar-refractivity contribution in [2.45, 2.75) is 20.3 Å². The Kier molecular flexibility index (Phi) is 4.52. The summed E-state index contributed by atoms with van der Waals surface area (Å²) < 4.78 is 0. The number of rotatable bonds is 4. The quantitative estimate of drug-likeness (QED) is 0.907. The molecule has 1 aliphatic rings. The molecule has 1 aliphatic heterocycles. The van der Waals surface area contributed by atoms with Crippen molar-refractivity contribution >= 4 is 17.2 Å². The van der Waals surface area contributed by atoms with Crippen LogP contribution in [0.25, 0.3) is 5.57 Å². The van der Waals surface area contributed by atoms with E-state index < -0.39 is 0 Å². The van der Waals surface area contributed by atoms with Crippen molar-refractivity contribution in [2.75, 3.05) is 25.0 Å². The van der Waals surface area contributed by atoms with Gasteiger partial charge in [-0.25, -0.2) is 0 Å². The number of pyridine rings is 1. The number of aromatic amines is 1. The summed E-state index contributed by atoms with van der Waals surface area (Å²) in [5.41, 5.74) is 4.83. The molecule has 3 rings (SSSR count). The fraction of sp³-hybridized carbons (Fsp3) is 0.353. The molecule has 3 heterocycles. The number of nitrogens with one attached hydrogen (secondary N) is 2. The molecule has 2 aromatic heterocycles. The van der Waals surface area contributed by atoms with Crippen molar-refractivity contribution in [1.82, 2.24) is 20.1 Å². The van der Waals surface area contributed by atoms with Crippen molar-refractivity contribution in [3.63, 3.8) is 0 Å². The Morgan fingerprint density at radius 3 is 3.00 bits per heavy atom. The van der Waals surface area contributed by atoms with Gasteiger partial charge >= 0.3 is 0 Å². The van der Waals surface area contributed by atoms with Crippen LogP contribution in [-0.4, -0.2) is 45.6 Å². The Morgan fingerprint density at radius 1 is 1.43 bits per heavy atom. The van der Waals surface area contributed by atoms with Gasteiger partial charge in [-0.15, -0.1) is 0 Å². The highest BCUT2D eigenvalue weighted by molar-refractivity contribution is 5.93. The zero-order valence-electron chi connectivity index (χ0n) is 13.5. The monoisotopic (exact) mass is 311 g/mol. The number of aryl methyl sites for hydroxylation is 2. The Morgan fingerprint density at radius 2 is 2.30 bits per heavy atom. The van der Waals surface area contributed by atoms with Crippen LogP contribution in [0.3, 0.4) is 0 Å². The topological polar surface area (TPSA) is 73.9 Å².